The fraction of sp³-hybridized carbons (Fsp3) is 0.458. The normalized spacial score (nSPS) is 18.2. The molecule has 5 nitrogen and oxygen atoms in total. The summed E-state index contributed by atoms with van der Waals surface area (Å²) in [5.74, 6) is 0.447. The molecule has 152 valence electrons. The van der Waals surface area contributed by atoms with Crippen molar-refractivity contribution < 1.29 is 9.59 Å². The average molecular weight is 392 g/mol. The number of benzene rings is 1. The van der Waals surface area contributed by atoms with Crippen molar-refractivity contribution >= 4 is 11.8 Å². The Morgan fingerprint density at radius 2 is 1.55 bits per heavy atom. The first-order valence-electron chi connectivity index (χ1n) is 10.6. The van der Waals surface area contributed by atoms with E-state index in [-0.39, 0.29) is 17.2 Å². The molecule has 1 aromatic carbocycles. The minimum absolute atomic E-state index is 0.182. The number of carbonyl (C=O) groups excluding carboxylic acids is 2. The van der Waals surface area contributed by atoms with Gasteiger partial charge in [-0.3, -0.25) is 14.6 Å². The monoisotopic (exact) mass is 391 g/mol. The molecule has 1 spiro atoms. The van der Waals surface area contributed by atoms with Crippen LogP contribution in [0.5, 0.6) is 0 Å². The summed E-state index contributed by atoms with van der Waals surface area (Å²) in [6, 6.07) is 14.0. The van der Waals surface area contributed by atoms with Crippen molar-refractivity contribution in [2.45, 2.75) is 38.5 Å². The number of aryl methyl sites for hydroxylation is 1. The van der Waals surface area contributed by atoms with E-state index in [1.54, 1.807) is 12.4 Å². The van der Waals surface area contributed by atoms with Crippen LogP contribution in [0, 0.1) is 5.41 Å². The number of hydrogen-bond donors (Lipinski definition) is 0. The number of rotatable bonds is 5. The molecular weight excluding hydrogens is 362 g/mol. The van der Waals surface area contributed by atoms with Gasteiger partial charge in [-0.05, 0) is 48.3 Å². The molecule has 5 heteroatoms. The van der Waals surface area contributed by atoms with Gasteiger partial charge in [0, 0.05) is 45.0 Å². The molecule has 0 aliphatic carbocycles. The number of aromatic nitrogens is 1. The summed E-state index contributed by atoms with van der Waals surface area (Å²) in [5, 5.41) is 0. The van der Waals surface area contributed by atoms with Crippen molar-refractivity contribution in [2.24, 2.45) is 5.41 Å². The lowest BCUT2D eigenvalue weighted by atomic mass is 9.77. The lowest BCUT2D eigenvalue weighted by Gasteiger charge is -2.39. The second-order valence-electron chi connectivity index (χ2n) is 8.47. The van der Waals surface area contributed by atoms with E-state index >= 15 is 0 Å². The number of carbonyl (C=O) groups is 2. The van der Waals surface area contributed by atoms with Gasteiger partial charge in [0.25, 0.3) is 0 Å². The van der Waals surface area contributed by atoms with E-state index in [1.807, 2.05) is 35.2 Å². The van der Waals surface area contributed by atoms with Crippen LogP contribution in [0.25, 0.3) is 0 Å². The van der Waals surface area contributed by atoms with Crippen LogP contribution < -0.4 is 0 Å². The Morgan fingerprint density at radius 3 is 2.24 bits per heavy atom. The highest BCUT2D eigenvalue weighted by Crippen LogP contribution is 2.40. The molecule has 0 unspecified atom stereocenters. The van der Waals surface area contributed by atoms with Crippen LogP contribution in [-0.4, -0.2) is 52.8 Å². The number of amides is 2. The van der Waals surface area contributed by atoms with E-state index in [0.717, 1.165) is 57.4 Å². The Hall–Kier alpha value is -2.69. The second kappa shape index (κ2) is 8.76. The van der Waals surface area contributed by atoms with Gasteiger partial charge in [-0.15, -0.1) is 0 Å². The largest absolute Gasteiger partial charge is 0.342 e. The standard InChI is InChI=1S/C24H29N3O2/c28-22(9-8-20-5-2-1-3-6-20)27-16-12-24(19-27)10-14-26(15-11-24)23(29)17-21-7-4-13-25-18-21/h1-7,13,18H,8-12,14-17,19H2. The SMILES string of the molecule is O=C(Cc1cccnc1)N1CCC2(CC1)CCN(C(=O)CCc1ccccc1)C2. The van der Waals surface area contributed by atoms with Gasteiger partial charge in [0.1, 0.15) is 0 Å². The molecule has 0 atom stereocenters. The van der Waals surface area contributed by atoms with Crippen molar-refractivity contribution in [2.75, 3.05) is 26.2 Å². The zero-order chi connectivity index (χ0) is 20.1. The first-order valence-corrected chi connectivity index (χ1v) is 10.6. The lowest BCUT2D eigenvalue weighted by molar-refractivity contribution is -0.134. The number of likely N-dealkylation sites (tertiary alicyclic amines) is 2. The fourth-order valence-corrected chi connectivity index (χ4v) is 4.63. The molecule has 0 bridgehead atoms. The van der Waals surface area contributed by atoms with Crippen molar-refractivity contribution in [3.63, 3.8) is 0 Å². The quantitative estimate of drug-likeness (QED) is 0.787. The lowest BCUT2D eigenvalue weighted by Crippen LogP contribution is -2.45. The fourth-order valence-electron chi connectivity index (χ4n) is 4.63. The first kappa shape index (κ1) is 19.6. The van der Waals surface area contributed by atoms with Crippen LogP contribution in [0.1, 0.15) is 36.8 Å². The van der Waals surface area contributed by atoms with E-state index in [4.69, 9.17) is 0 Å². The van der Waals surface area contributed by atoms with Gasteiger partial charge in [0.05, 0.1) is 6.42 Å². The van der Waals surface area contributed by atoms with E-state index in [2.05, 4.69) is 22.0 Å². The molecule has 29 heavy (non-hydrogen) atoms. The predicted octanol–water partition coefficient (Wildman–Crippen LogP) is 3.10. The van der Waals surface area contributed by atoms with Crippen LogP contribution >= 0.6 is 0 Å². The third-order valence-corrected chi connectivity index (χ3v) is 6.52. The van der Waals surface area contributed by atoms with Crippen molar-refractivity contribution in [1.82, 2.24) is 14.8 Å². The zero-order valence-electron chi connectivity index (χ0n) is 16.9. The van der Waals surface area contributed by atoms with E-state index < -0.39 is 0 Å². The van der Waals surface area contributed by atoms with Gasteiger partial charge >= 0.3 is 0 Å². The zero-order valence-corrected chi connectivity index (χ0v) is 16.9. The molecule has 2 aliphatic rings. The van der Waals surface area contributed by atoms with Gasteiger partial charge < -0.3 is 9.80 Å². The van der Waals surface area contributed by atoms with E-state index in [9.17, 15) is 9.59 Å². The highest BCUT2D eigenvalue weighted by atomic mass is 16.2. The summed E-state index contributed by atoms with van der Waals surface area (Å²) in [6.45, 7) is 3.30. The van der Waals surface area contributed by atoms with Gasteiger partial charge in [-0.1, -0.05) is 36.4 Å². The first-order chi connectivity index (χ1) is 14.1. The Bertz CT molecular complexity index is 830. The molecule has 2 aliphatic heterocycles. The van der Waals surface area contributed by atoms with Gasteiger partial charge in [0.15, 0.2) is 0 Å². The topological polar surface area (TPSA) is 53.5 Å². The second-order valence-corrected chi connectivity index (χ2v) is 8.47. The molecule has 0 radical (unpaired) electrons. The molecule has 3 heterocycles. The minimum atomic E-state index is 0.182. The number of nitrogens with zero attached hydrogens (tertiary/aromatic N) is 3. The number of piperidine rings is 1. The summed E-state index contributed by atoms with van der Waals surface area (Å²) >= 11 is 0. The molecule has 2 fully saturated rings. The minimum Gasteiger partial charge on any atom is -0.342 e. The Labute approximate surface area is 172 Å². The number of hydrogen-bond acceptors (Lipinski definition) is 3. The highest BCUT2D eigenvalue weighted by molar-refractivity contribution is 5.79. The Balaban J connectivity index is 1.25. The van der Waals surface area contributed by atoms with Crippen molar-refractivity contribution in [3.8, 4) is 0 Å². The smallest absolute Gasteiger partial charge is 0.227 e. The molecular formula is C24H29N3O2. The predicted molar refractivity (Wildman–Crippen MR) is 112 cm³/mol. The summed E-state index contributed by atoms with van der Waals surface area (Å²) in [5.41, 5.74) is 2.39. The van der Waals surface area contributed by atoms with Gasteiger partial charge in [-0.25, -0.2) is 0 Å². The van der Waals surface area contributed by atoms with Gasteiger partial charge in [-0.2, -0.15) is 0 Å². The van der Waals surface area contributed by atoms with E-state index in [0.29, 0.717) is 12.8 Å². The average Bonchev–Trinajstić information content (AvgIpc) is 3.17. The van der Waals surface area contributed by atoms with Crippen LogP contribution in [-0.2, 0) is 22.4 Å². The molecule has 4 rings (SSSR count). The Kier molecular flexibility index (Phi) is 5.93. The maximum Gasteiger partial charge on any atom is 0.227 e. The van der Waals surface area contributed by atoms with Crippen LogP contribution in [0.4, 0.5) is 0 Å². The highest BCUT2D eigenvalue weighted by Gasteiger charge is 2.42. The summed E-state index contributed by atoms with van der Waals surface area (Å²) < 4.78 is 0. The summed E-state index contributed by atoms with van der Waals surface area (Å²) in [7, 11) is 0. The van der Waals surface area contributed by atoms with Crippen molar-refractivity contribution in [3.05, 3.63) is 66.0 Å². The maximum atomic E-state index is 12.7. The Morgan fingerprint density at radius 1 is 0.862 bits per heavy atom. The van der Waals surface area contributed by atoms with Crippen molar-refractivity contribution in [1.29, 1.82) is 0 Å². The molecule has 0 N–H and O–H groups in total. The number of pyridine rings is 1. The molecule has 1 aromatic heterocycles. The van der Waals surface area contributed by atoms with Gasteiger partial charge in [0.2, 0.25) is 11.8 Å². The van der Waals surface area contributed by atoms with Crippen LogP contribution in [0.15, 0.2) is 54.9 Å². The molecule has 2 aromatic rings. The third-order valence-electron chi connectivity index (χ3n) is 6.52. The van der Waals surface area contributed by atoms with Crippen LogP contribution in [0.3, 0.4) is 0 Å². The molecule has 2 saturated heterocycles. The maximum absolute atomic E-state index is 12.7. The van der Waals surface area contributed by atoms with E-state index in [1.165, 1.54) is 5.56 Å². The molecule has 0 saturated carbocycles. The van der Waals surface area contributed by atoms with Crippen LogP contribution in [0.2, 0.25) is 0 Å². The third kappa shape index (κ3) is 4.84. The molecule has 2 amide bonds. The summed E-state index contributed by atoms with van der Waals surface area (Å²) in [6.07, 6.45) is 8.35. The summed E-state index contributed by atoms with van der Waals surface area (Å²) in [4.78, 5) is 33.4.